The van der Waals surface area contributed by atoms with Gasteiger partial charge in [-0.3, -0.25) is 4.89 Å². The van der Waals surface area contributed by atoms with E-state index in [1.54, 1.807) is 0 Å². The largest absolute Gasteiger partial charge is 0.457 e. The first kappa shape index (κ1) is 16.8. The van der Waals surface area contributed by atoms with Gasteiger partial charge < -0.3 is 10.1 Å². The van der Waals surface area contributed by atoms with Crippen LogP contribution in [0.4, 0.5) is 4.79 Å². The van der Waals surface area contributed by atoms with E-state index in [1.165, 1.54) is 0 Å². The summed E-state index contributed by atoms with van der Waals surface area (Å²) < 4.78 is 6.03. The summed E-state index contributed by atoms with van der Waals surface area (Å²) in [6.07, 6.45) is 1.69. The fourth-order valence-electron chi connectivity index (χ4n) is 2.26. The molecule has 0 fully saturated rings. The monoisotopic (exact) mass is 315 g/mol. The van der Waals surface area contributed by atoms with Crippen molar-refractivity contribution < 1.29 is 19.7 Å². The van der Waals surface area contributed by atoms with Crippen LogP contribution in [0.15, 0.2) is 48.5 Å². The second kappa shape index (κ2) is 8.80. The SMILES string of the molecule is Cc1ccccc1Oc1ccccc1CCCCNC(=O)OO. The molecule has 0 aliphatic carbocycles. The molecule has 122 valence electrons. The quantitative estimate of drug-likeness (QED) is 0.454. The van der Waals surface area contributed by atoms with E-state index < -0.39 is 6.09 Å². The van der Waals surface area contributed by atoms with E-state index in [9.17, 15) is 4.79 Å². The zero-order valence-electron chi connectivity index (χ0n) is 13.1. The normalized spacial score (nSPS) is 10.2. The predicted octanol–water partition coefficient (Wildman–Crippen LogP) is 4.31. The number of unbranched alkanes of at least 4 members (excludes halogenated alkanes) is 1. The van der Waals surface area contributed by atoms with E-state index in [4.69, 9.17) is 9.99 Å². The molecule has 0 saturated heterocycles. The van der Waals surface area contributed by atoms with Crippen molar-refractivity contribution in [3.05, 3.63) is 59.7 Å². The van der Waals surface area contributed by atoms with Crippen molar-refractivity contribution in [3.63, 3.8) is 0 Å². The number of ether oxygens (including phenoxy) is 1. The molecule has 0 saturated carbocycles. The zero-order chi connectivity index (χ0) is 16.5. The summed E-state index contributed by atoms with van der Waals surface area (Å²) in [4.78, 5) is 14.3. The van der Waals surface area contributed by atoms with E-state index in [0.29, 0.717) is 6.54 Å². The van der Waals surface area contributed by atoms with Gasteiger partial charge in [-0.2, -0.15) is 5.26 Å². The molecule has 2 N–H and O–H groups in total. The van der Waals surface area contributed by atoms with Gasteiger partial charge in [-0.15, -0.1) is 0 Å². The highest BCUT2D eigenvalue weighted by Crippen LogP contribution is 2.28. The second-order valence-corrected chi connectivity index (χ2v) is 5.24. The van der Waals surface area contributed by atoms with Gasteiger partial charge in [0.05, 0.1) is 0 Å². The van der Waals surface area contributed by atoms with Crippen LogP contribution < -0.4 is 10.1 Å². The van der Waals surface area contributed by atoms with Crippen molar-refractivity contribution in [3.8, 4) is 11.5 Å². The number of benzene rings is 2. The summed E-state index contributed by atoms with van der Waals surface area (Å²) in [5.74, 6) is 1.71. The third-order valence-corrected chi connectivity index (χ3v) is 3.51. The lowest BCUT2D eigenvalue weighted by atomic mass is 10.1. The number of hydrogen-bond donors (Lipinski definition) is 2. The maximum Gasteiger partial charge on any atom is 0.438 e. The molecule has 0 spiro atoms. The molecule has 1 amide bonds. The Labute approximate surface area is 135 Å². The Morgan fingerprint density at radius 3 is 2.48 bits per heavy atom. The zero-order valence-corrected chi connectivity index (χ0v) is 13.1. The van der Waals surface area contributed by atoms with Crippen molar-refractivity contribution in [2.24, 2.45) is 0 Å². The number of carbonyl (C=O) groups is 1. The second-order valence-electron chi connectivity index (χ2n) is 5.24. The number of aryl methyl sites for hydroxylation is 2. The van der Waals surface area contributed by atoms with Gasteiger partial charge in [0.1, 0.15) is 11.5 Å². The van der Waals surface area contributed by atoms with Gasteiger partial charge in [0.25, 0.3) is 0 Å². The maximum absolute atomic E-state index is 10.7. The fourth-order valence-corrected chi connectivity index (χ4v) is 2.26. The average Bonchev–Trinajstić information content (AvgIpc) is 2.57. The fraction of sp³-hybridized carbons (Fsp3) is 0.278. The molecule has 23 heavy (non-hydrogen) atoms. The molecule has 0 aliphatic rings. The van der Waals surface area contributed by atoms with E-state index in [1.807, 2.05) is 55.5 Å². The van der Waals surface area contributed by atoms with Gasteiger partial charge in [0.15, 0.2) is 0 Å². The van der Waals surface area contributed by atoms with Crippen molar-refractivity contribution in [2.45, 2.75) is 26.2 Å². The Bertz CT molecular complexity index is 642. The number of carbonyl (C=O) groups excluding carboxylic acids is 1. The van der Waals surface area contributed by atoms with Crippen LogP contribution in [0.25, 0.3) is 0 Å². The molecule has 0 aromatic heterocycles. The van der Waals surface area contributed by atoms with Crippen LogP contribution in [0.5, 0.6) is 11.5 Å². The molecule has 0 aliphatic heterocycles. The van der Waals surface area contributed by atoms with Crippen molar-refractivity contribution in [1.29, 1.82) is 0 Å². The molecule has 2 aromatic carbocycles. The van der Waals surface area contributed by atoms with Crippen LogP contribution in [-0.4, -0.2) is 17.9 Å². The van der Waals surface area contributed by atoms with E-state index >= 15 is 0 Å². The van der Waals surface area contributed by atoms with E-state index in [-0.39, 0.29) is 0 Å². The predicted molar refractivity (Wildman–Crippen MR) is 87.7 cm³/mol. The summed E-state index contributed by atoms with van der Waals surface area (Å²) in [6, 6.07) is 15.9. The number of rotatable bonds is 7. The maximum atomic E-state index is 10.7. The van der Waals surface area contributed by atoms with Gasteiger partial charge in [0.2, 0.25) is 0 Å². The highest BCUT2D eigenvalue weighted by molar-refractivity contribution is 5.66. The first-order chi connectivity index (χ1) is 11.2. The number of para-hydroxylation sites is 2. The summed E-state index contributed by atoms with van der Waals surface area (Å²) in [5.41, 5.74) is 2.22. The average molecular weight is 315 g/mol. The summed E-state index contributed by atoms with van der Waals surface area (Å²) in [7, 11) is 0. The number of amides is 1. The molecule has 5 heteroatoms. The Morgan fingerprint density at radius 1 is 1.04 bits per heavy atom. The van der Waals surface area contributed by atoms with Crippen LogP contribution in [-0.2, 0) is 11.3 Å². The minimum Gasteiger partial charge on any atom is -0.457 e. The molecule has 2 rings (SSSR count). The van der Waals surface area contributed by atoms with E-state index in [2.05, 4.69) is 10.2 Å². The summed E-state index contributed by atoms with van der Waals surface area (Å²) in [5, 5.41) is 10.6. The Balaban J connectivity index is 1.90. The molecule has 5 nitrogen and oxygen atoms in total. The molecule has 0 atom stereocenters. The van der Waals surface area contributed by atoms with Crippen LogP contribution in [0.3, 0.4) is 0 Å². The standard InChI is InChI=1S/C18H21NO4/c1-14-8-2-4-11-16(14)22-17-12-5-3-9-15(17)10-6-7-13-19-18(20)23-21/h2-5,8-9,11-12,21H,6-7,10,13H2,1H3,(H,19,20). The summed E-state index contributed by atoms with van der Waals surface area (Å²) >= 11 is 0. The van der Waals surface area contributed by atoms with Crippen LogP contribution in [0, 0.1) is 6.92 Å². The lowest BCUT2D eigenvalue weighted by Gasteiger charge is -2.12. The molecule has 2 aromatic rings. The van der Waals surface area contributed by atoms with Gasteiger partial charge >= 0.3 is 6.09 Å². The first-order valence-electron chi connectivity index (χ1n) is 7.61. The number of nitrogens with one attached hydrogen (secondary N) is 1. The third-order valence-electron chi connectivity index (χ3n) is 3.51. The lowest BCUT2D eigenvalue weighted by molar-refractivity contribution is -0.177. The minimum absolute atomic E-state index is 0.459. The highest BCUT2D eigenvalue weighted by atomic mass is 17.1. The topological polar surface area (TPSA) is 67.8 Å². The van der Waals surface area contributed by atoms with Gasteiger partial charge in [-0.1, -0.05) is 36.4 Å². The molecule has 0 unspecified atom stereocenters. The Morgan fingerprint density at radius 2 is 1.74 bits per heavy atom. The Kier molecular flexibility index (Phi) is 6.44. The van der Waals surface area contributed by atoms with Crippen LogP contribution in [0.2, 0.25) is 0 Å². The first-order valence-corrected chi connectivity index (χ1v) is 7.61. The lowest BCUT2D eigenvalue weighted by Crippen LogP contribution is -2.24. The molecule has 0 heterocycles. The molecular formula is C18H21NO4. The molecule has 0 bridgehead atoms. The van der Waals surface area contributed by atoms with Crippen LogP contribution >= 0.6 is 0 Å². The van der Waals surface area contributed by atoms with E-state index in [0.717, 1.165) is 41.9 Å². The smallest absolute Gasteiger partial charge is 0.438 e. The summed E-state index contributed by atoms with van der Waals surface area (Å²) in [6.45, 7) is 2.48. The third kappa shape index (κ3) is 5.30. The Hall–Kier alpha value is -2.53. The van der Waals surface area contributed by atoms with Crippen molar-refractivity contribution in [1.82, 2.24) is 5.32 Å². The number of hydrogen-bond acceptors (Lipinski definition) is 4. The van der Waals surface area contributed by atoms with Gasteiger partial charge in [0, 0.05) is 6.54 Å². The van der Waals surface area contributed by atoms with Gasteiger partial charge in [-0.25, -0.2) is 4.79 Å². The minimum atomic E-state index is -0.826. The van der Waals surface area contributed by atoms with Crippen molar-refractivity contribution in [2.75, 3.05) is 6.54 Å². The highest BCUT2D eigenvalue weighted by Gasteiger charge is 2.06. The van der Waals surface area contributed by atoms with Crippen LogP contribution in [0.1, 0.15) is 24.0 Å². The molecular weight excluding hydrogens is 294 g/mol. The van der Waals surface area contributed by atoms with Gasteiger partial charge in [-0.05, 0) is 49.4 Å². The molecule has 0 radical (unpaired) electrons. The van der Waals surface area contributed by atoms with Crippen molar-refractivity contribution >= 4 is 6.09 Å².